The predicted molar refractivity (Wildman–Crippen MR) is 37.1 cm³/mol. The molecule has 5 heteroatoms. The van der Waals surface area contributed by atoms with Gasteiger partial charge in [0.05, 0.1) is 0 Å². The van der Waals surface area contributed by atoms with Crippen molar-refractivity contribution in [3.63, 3.8) is 0 Å². The summed E-state index contributed by atoms with van der Waals surface area (Å²) in [5, 5.41) is 0. The van der Waals surface area contributed by atoms with Crippen molar-refractivity contribution in [3.8, 4) is 0 Å². The standard InChI is InChI=1S/C6H7FN2O2/c1-9(2)6-8-5(10)4(7)3-11-6/h3H,1-2H3. The quantitative estimate of drug-likeness (QED) is 0.587. The summed E-state index contributed by atoms with van der Waals surface area (Å²) in [5.74, 6) is -0.976. The minimum atomic E-state index is -0.976. The zero-order valence-electron chi connectivity index (χ0n) is 6.17. The predicted octanol–water partition coefficient (Wildman–Crippen LogP) is 0.240. The van der Waals surface area contributed by atoms with E-state index in [1.54, 1.807) is 14.1 Å². The summed E-state index contributed by atoms with van der Waals surface area (Å²) < 4.78 is 16.9. The van der Waals surface area contributed by atoms with E-state index in [0.29, 0.717) is 0 Å². The molecular formula is C6H7FN2O2. The fourth-order valence-corrected chi connectivity index (χ4v) is 0.527. The minimum Gasteiger partial charge on any atom is -0.430 e. The highest BCUT2D eigenvalue weighted by Crippen LogP contribution is 2.02. The van der Waals surface area contributed by atoms with Crippen LogP contribution in [0, 0.1) is 5.82 Å². The van der Waals surface area contributed by atoms with E-state index < -0.39 is 11.4 Å². The van der Waals surface area contributed by atoms with Gasteiger partial charge in [0.1, 0.15) is 6.26 Å². The number of hydrogen-bond acceptors (Lipinski definition) is 4. The average Bonchev–Trinajstić information content (AvgIpc) is 1.94. The average molecular weight is 158 g/mol. The molecule has 1 rings (SSSR count). The summed E-state index contributed by atoms with van der Waals surface area (Å²) in [6, 6.07) is 0.0939. The third-order valence-electron chi connectivity index (χ3n) is 1.05. The van der Waals surface area contributed by atoms with Crippen LogP contribution in [0.4, 0.5) is 10.4 Å². The van der Waals surface area contributed by atoms with Crippen molar-refractivity contribution in [3.05, 3.63) is 22.4 Å². The van der Waals surface area contributed by atoms with Crippen molar-refractivity contribution in [2.24, 2.45) is 0 Å². The molecule has 0 atom stereocenters. The van der Waals surface area contributed by atoms with E-state index in [-0.39, 0.29) is 6.01 Å². The van der Waals surface area contributed by atoms with Gasteiger partial charge in [0.25, 0.3) is 6.01 Å². The van der Waals surface area contributed by atoms with Gasteiger partial charge in [0.2, 0.25) is 5.82 Å². The van der Waals surface area contributed by atoms with Crippen LogP contribution >= 0.6 is 0 Å². The van der Waals surface area contributed by atoms with Crippen LogP contribution in [-0.4, -0.2) is 19.1 Å². The zero-order valence-corrected chi connectivity index (χ0v) is 6.17. The van der Waals surface area contributed by atoms with Crippen LogP contribution in [0.25, 0.3) is 0 Å². The summed E-state index contributed by atoms with van der Waals surface area (Å²) in [4.78, 5) is 15.3. The molecule has 0 spiro atoms. The van der Waals surface area contributed by atoms with E-state index in [1.165, 1.54) is 4.90 Å². The van der Waals surface area contributed by atoms with E-state index in [4.69, 9.17) is 0 Å². The number of anilines is 1. The minimum absolute atomic E-state index is 0.0939. The van der Waals surface area contributed by atoms with Crippen LogP contribution in [0.15, 0.2) is 15.5 Å². The first-order chi connectivity index (χ1) is 5.11. The zero-order chi connectivity index (χ0) is 8.43. The molecule has 0 unspecified atom stereocenters. The Kier molecular flexibility index (Phi) is 1.89. The van der Waals surface area contributed by atoms with Gasteiger partial charge in [-0.05, 0) is 0 Å². The third kappa shape index (κ3) is 1.54. The van der Waals surface area contributed by atoms with Gasteiger partial charge < -0.3 is 9.32 Å². The Balaban J connectivity index is 3.16. The van der Waals surface area contributed by atoms with E-state index in [1.807, 2.05) is 0 Å². The Morgan fingerprint density at radius 2 is 2.27 bits per heavy atom. The molecule has 60 valence electrons. The molecule has 1 heterocycles. The third-order valence-corrected chi connectivity index (χ3v) is 1.05. The van der Waals surface area contributed by atoms with E-state index in [2.05, 4.69) is 9.40 Å². The van der Waals surface area contributed by atoms with Crippen molar-refractivity contribution in [2.45, 2.75) is 0 Å². The van der Waals surface area contributed by atoms with Gasteiger partial charge in [-0.3, -0.25) is 4.79 Å². The second kappa shape index (κ2) is 2.69. The summed E-state index contributed by atoms with van der Waals surface area (Å²) in [7, 11) is 3.28. The lowest BCUT2D eigenvalue weighted by molar-refractivity contribution is 0.465. The molecule has 0 fully saturated rings. The lowest BCUT2D eigenvalue weighted by Crippen LogP contribution is -2.17. The van der Waals surface area contributed by atoms with Crippen LogP contribution in [0.3, 0.4) is 0 Å². The van der Waals surface area contributed by atoms with Gasteiger partial charge in [-0.15, -0.1) is 0 Å². The van der Waals surface area contributed by atoms with Crippen molar-refractivity contribution in [1.29, 1.82) is 0 Å². The Hall–Kier alpha value is -1.39. The molecule has 0 amide bonds. The highest BCUT2D eigenvalue weighted by molar-refractivity contribution is 5.19. The van der Waals surface area contributed by atoms with Gasteiger partial charge in [0.15, 0.2) is 0 Å². The molecule has 0 saturated heterocycles. The molecular weight excluding hydrogens is 151 g/mol. The number of halogens is 1. The maximum atomic E-state index is 12.3. The van der Waals surface area contributed by atoms with E-state index in [0.717, 1.165) is 6.26 Å². The highest BCUT2D eigenvalue weighted by atomic mass is 19.1. The fourth-order valence-electron chi connectivity index (χ4n) is 0.527. The van der Waals surface area contributed by atoms with Gasteiger partial charge in [-0.2, -0.15) is 9.37 Å². The first kappa shape index (κ1) is 7.71. The Bertz CT molecular complexity index is 308. The topological polar surface area (TPSA) is 46.3 Å². The summed E-state index contributed by atoms with van der Waals surface area (Å²) in [6.07, 6.45) is 0.741. The van der Waals surface area contributed by atoms with Gasteiger partial charge in [0, 0.05) is 14.1 Å². The van der Waals surface area contributed by atoms with Crippen LogP contribution in [-0.2, 0) is 0 Å². The van der Waals surface area contributed by atoms with Crippen molar-refractivity contribution >= 4 is 6.01 Å². The van der Waals surface area contributed by atoms with Crippen molar-refractivity contribution in [1.82, 2.24) is 4.98 Å². The fraction of sp³-hybridized carbons (Fsp3) is 0.333. The molecule has 0 saturated carbocycles. The molecule has 11 heavy (non-hydrogen) atoms. The first-order valence-corrected chi connectivity index (χ1v) is 2.94. The number of aromatic nitrogens is 1. The lowest BCUT2D eigenvalue weighted by atomic mass is 10.6. The highest BCUT2D eigenvalue weighted by Gasteiger charge is 2.04. The smallest absolute Gasteiger partial charge is 0.313 e. The molecule has 0 bridgehead atoms. The lowest BCUT2D eigenvalue weighted by Gasteiger charge is -2.06. The normalized spacial score (nSPS) is 9.73. The Labute approximate surface area is 62.3 Å². The van der Waals surface area contributed by atoms with Crippen LogP contribution in [0.2, 0.25) is 0 Å². The monoisotopic (exact) mass is 158 g/mol. The summed E-state index contributed by atoms with van der Waals surface area (Å²) in [5.41, 5.74) is -0.903. The van der Waals surface area contributed by atoms with Crippen molar-refractivity contribution < 1.29 is 8.81 Å². The van der Waals surface area contributed by atoms with Crippen LogP contribution in [0.1, 0.15) is 0 Å². The molecule has 0 radical (unpaired) electrons. The molecule has 4 nitrogen and oxygen atoms in total. The van der Waals surface area contributed by atoms with Gasteiger partial charge >= 0.3 is 5.56 Å². The molecule has 0 aliphatic rings. The number of nitrogens with zero attached hydrogens (tertiary/aromatic N) is 2. The SMILES string of the molecule is CN(C)c1nc(=O)c(F)co1. The van der Waals surface area contributed by atoms with E-state index >= 15 is 0 Å². The Morgan fingerprint density at radius 3 is 2.73 bits per heavy atom. The molecule has 0 aromatic carbocycles. The van der Waals surface area contributed by atoms with Crippen LogP contribution in [0.5, 0.6) is 0 Å². The number of hydrogen-bond donors (Lipinski definition) is 0. The van der Waals surface area contributed by atoms with Gasteiger partial charge in [-0.25, -0.2) is 0 Å². The Morgan fingerprint density at radius 1 is 1.64 bits per heavy atom. The maximum Gasteiger partial charge on any atom is 0.313 e. The second-order valence-corrected chi connectivity index (χ2v) is 2.18. The molecule has 0 N–H and O–H groups in total. The summed E-state index contributed by atoms with van der Waals surface area (Å²) >= 11 is 0. The molecule has 0 aliphatic carbocycles. The largest absolute Gasteiger partial charge is 0.430 e. The van der Waals surface area contributed by atoms with E-state index in [9.17, 15) is 9.18 Å². The molecule has 1 aromatic rings. The van der Waals surface area contributed by atoms with Gasteiger partial charge in [-0.1, -0.05) is 0 Å². The van der Waals surface area contributed by atoms with Crippen LogP contribution < -0.4 is 10.5 Å². The summed E-state index contributed by atoms with van der Waals surface area (Å²) in [6.45, 7) is 0. The number of rotatable bonds is 1. The molecule has 0 aliphatic heterocycles. The first-order valence-electron chi connectivity index (χ1n) is 2.94. The van der Waals surface area contributed by atoms with Crippen molar-refractivity contribution in [2.75, 3.05) is 19.0 Å². The second-order valence-electron chi connectivity index (χ2n) is 2.18. The maximum absolute atomic E-state index is 12.3. The molecule has 1 aromatic heterocycles.